The highest BCUT2D eigenvalue weighted by Crippen LogP contribution is 2.29. The number of nitriles is 1. The molecule has 1 aromatic heterocycles. The zero-order valence-electron chi connectivity index (χ0n) is 11.4. The molecular weight excluding hydrogens is 258 g/mol. The Hall–Kier alpha value is -2.20. The molecule has 0 bridgehead atoms. The van der Waals surface area contributed by atoms with Crippen LogP contribution in [0.25, 0.3) is 0 Å². The fraction of sp³-hybridized carbons (Fsp3) is 0.538. The van der Waals surface area contributed by atoms with E-state index in [4.69, 9.17) is 5.26 Å². The Morgan fingerprint density at radius 2 is 2.30 bits per heavy atom. The van der Waals surface area contributed by atoms with E-state index in [0.29, 0.717) is 12.5 Å². The summed E-state index contributed by atoms with van der Waals surface area (Å²) >= 11 is 0. The topological polar surface area (TPSA) is 95.1 Å². The molecule has 0 unspecified atom stereocenters. The van der Waals surface area contributed by atoms with Crippen LogP contribution >= 0.6 is 0 Å². The van der Waals surface area contributed by atoms with Gasteiger partial charge in [0.25, 0.3) is 0 Å². The molecule has 0 aromatic carbocycles. The maximum atomic E-state index is 11.2. The summed E-state index contributed by atoms with van der Waals surface area (Å²) in [4.78, 5) is 16.5. The van der Waals surface area contributed by atoms with Crippen LogP contribution in [0.1, 0.15) is 18.4 Å². The van der Waals surface area contributed by atoms with Crippen LogP contribution in [-0.4, -0.2) is 36.6 Å². The first-order chi connectivity index (χ1) is 9.63. The van der Waals surface area contributed by atoms with Gasteiger partial charge < -0.3 is 10.2 Å². The molecule has 0 spiro atoms. The Morgan fingerprint density at radius 3 is 2.90 bits per heavy atom. The van der Waals surface area contributed by atoms with Crippen molar-refractivity contribution in [1.29, 1.82) is 5.26 Å². The van der Waals surface area contributed by atoms with Crippen molar-refractivity contribution in [2.24, 2.45) is 5.92 Å². The molecule has 7 heteroatoms. The molecule has 106 valence electrons. The standard InChI is InChI=1S/C13H17N5O2/c1-17(9-10-2-5-15-6-3-10)13-12(18(19)20)11(8-14)4-7-16-13/h4,7,10,15H,2-3,5-6,9H2,1H3. The number of piperidine rings is 1. The van der Waals surface area contributed by atoms with Crippen molar-refractivity contribution in [1.82, 2.24) is 10.3 Å². The Kier molecular flexibility index (Phi) is 4.48. The van der Waals surface area contributed by atoms with Crippen molar-refractivity contribution in [3.63, 3.8) is 0 Å². The molecule has 0 saturated carbocycles. The zero-order chi connectivity index (χ0) is 14.5. The summed E-state index contributed by atoms with van der Waals surface area (Å²) < 4.78 is 0. The predicted molar refractivity (Wildman–Crippen MR) is 74.5 cm³/mol. The van der Waals surface area contributed by atoms with Crippen LogP contribution in [-0.2, 0) is 0 Å². The molecule has 0 aliphatic carbocycles. The van der Waals surface area contributed by atoms with Gasteiger partial charge in [-0.15, -0.1) is 0 Å². The number of rotatable bonds is 4. The molecular formula is C13H17N5O2. The zero-order valence-corrected chi connectivity index (χ0v) is 11.4. The Morgan fingerprint density at radius 1 is 1.60 bits per heavy atom. The highest BCUT2D eigenvalue weighted by Gasteiger charge is 2.25. The van der Waals surface area contributed by atoms with Gasteiger partial charge in [-0.05, 0) is 37.9 Å². The minimum absolute atomic E-state index is 0.0529. The second kappa shape index (κ2) is 6.30. The van der Waals surface area contributed by atoms with Gasteiger partial charge in [-0.1, -0.05) is 0 Å². The first-order valence-corrected chi connectivity index (χ1v) is 6.59. The second-order valence-electron chi connectivity index (χ2n) is 4.97. The first kappa shape index (κ1) is 14.2. The normalized spacial score (nSPS) is 15.6. The van der Waals surface area contributed by atoms with E-state index in [1.807, 2.05) is 6.07 Å². The number of aromatic nitrogens is 1. The summed E-state index contributed by atoms with van der Waals surface area (Å²) in [5.74, 6) is 0.765. The van der Waals surface area contributed by atoms with Gasteiger partial charge >= 0.3 is 5.69 Å². The lowest BCUT2D eigenvalue weighted by Gasteiger charge is -2.27. The number of hydrogen-bond donors (Lipinski definition) is 1. The molecule has 1 saturated heterocycles. The van der Waals surface area contributed by atoms with Crippen LogP contribution in [0.15, 0.2) is 12.3 Å². The number of nitrogens with one attached hydrogen (secondary N) is 1. The van der Waals surface area contributed by atoms with E-state index in [2.05, 4.69) is 10.3 Å². The van der Waals surface area contributed by atoms with Crippen LogP contribution < -0.4 is 10.2 Å². The lowest BCUT2D eigenvalue weighted by molar-refractivity contribution is -0.384. The fourth-order valence-corrected chi connectivity index (χ4v) is 2.53. The van der Waals surface area contributed by atoms with Gasteiger partial charge in [0.05, 0.1) is 4.92 Å². The van der Waals surface area contributed by atoms with Gasteiger partial charge in [-0.3, -0.25) is 10.1 Å². The van der Waals surface area contributed by atoms with E-state index in [9.17, 15) is 10.1 Å². The van der Waals surface area contributed by atoms with E-state index < -0.39 is 4.92 Å². The van der Waals surface area contributed by atoms with Crippen molar-refractivity contribution in [3.05, 3.63) is 27.9 Å². The Bertz CT molecular complexity index is 534. The fourth-order valence-electron chi connectivity index (χ4n) is 2.53. The minimum Gasteiger partial charge on any atom is -0.354 e. The van der Waals surface area contributed by atoms with Crippen molar-refractivity contribution < 1.29 is 4.92 Å². The molecule has 0 amide bonds. The highest BCUT2D eigenvalue weighted by molar-refractivity contribution is 5.65. The van der Waals surface area contributed by atoms with Crippen LogP contribution in [0.3, 0.4) is 0 Å². The van der Waals surface area contributed by atoms with Gasteiger partial charge in [0.2, 0.25) is 5.82 Å². The molecule has 1 aromatic rings. The monoisotopic (exact) mass is 275 g/mol. The summed E-state index contributed by atoms with van der Waals surface area (Å²) in [6.07, 6.45) is 3.55. The predicted octanol–water partition coefficient (Wildman–Crippen LogP) is 1.30. The average molecular weight is 275 g/mol. The molecule has 7 nitrogen and oxygen atoms in total. The smallest absolute Gasteiger partial charge is 0.329 e. The summed E-state index contributed by atoms with van der Waals surface area (Å²) in [5, 5.41) is 23.5. The van der Waals surface area contributed by atoms with Gasteiger partial charge in [-0.2, -0.15) is 5.26 Å². The largest absolute Gasteiger partial charge is 0.354 e. The van der Waals surface area contributed by atoms with E-state index in [1.54, 1.807) is 11.9 Å². The molecule has 1 aliphatic heterocycles. The van der Waals surface area contributed by atoms with E-state index >= 15 is 0 Å². The summed E-state index contributed by atoms with van der Waals surface area (Å²) in [5.41, 5.74) is -0.149. The number of nitro groups is 1. The molecule has 0 radical (unpaired) electrons. The van der Waals surface area contributed by atoms with Crippen molar-refractivity contribution >= 4 is 11.5 Å². The molecule has 0 atom stereocenters. The highest BCUT2D eigenvalue weighted by atomic mass is 16.6. The van der Waals surface area contributed by atoms with Crippen LogP contribution in [0.2, 0.25) is 0 Å². The lowest BCUT2D eigenvalue weighted by atomic mass is 9.97. The average Bonchev–Trinajstić information content (AvgIpc) is 2.47. The van der Waals surface area contributed by atoms with Gasteiger partial charge in [-0.25, -0.2) is 4.98 Å². The number of nitrogens with zero attached hydrogens (tertiary/aromatic N) is 4. The summed E-state index contributed by atoms with van der Waals surface area (Å²) in [7, 11) is 1.79. The second-order valence-corrected chi connectivity index (χ2v) is 4.97. The third kappa shape index (κ3) is 3.03. The lowest BCUT2D eigenvalue weighted by Crippen LogP contribution is -2.35. The summed E-state index contributed by atoms with van der Waals surface area (Å²) in [6.45, 7) is 2.67. The minimum atomic E-state index is -0.528. The Balaban J connectivity index is 2.22. The number of hydrogen-bond acceptors (Lipinski definition) is 6. The Labute approximate surface area is 117 Å². The summed E-state index contributed by atoms with van der Waals surface area (Å²) in [6, 6.07) is 3.23. The molecule has 1 N–H and O–H groups in total. The molecule has 1 aliphatic rings. The third-order valence-electron chi connectivity index (χ3n) is 3.56. The van der Waals surface area contributed by atoms with Crippen molar-refractivity contribution in [3.8, 4) is 6.07 Å². The van der Waals surface area contributed by atoms with Crippen LogP contribution in [0.4, 0.5) is 11.5 Å². The van der Waals surface area contributed by atoms with Crippen molar-refractivity contribution in [2.75, 3.05) is 31.6 Å². The molecule has 1 fully saturated rings. The molecule has 2 rings (SSSR count). The molecule has 2 heterocycles. The van der Waals surface area contributed by atoms with Gasteiger partial charge in [0, 0.05) is 19.8 Å². The maximum absolute atomic E-state index is 11.2. The van der Waals surface area contributed by atoms with Crippen LogP contribution in [0.5, 0.6) is 0 Å². The molecule has 20 heavy (non-hydrogen) atoms. The third-order valence-corrected chi connectivity index (χ3v) is 3.56. The number of pyridine rings is 1. The number of anilines is 1. The van der Waals surface area contributed by atoms with Crippen LogP contribution in [0, 0.1) is 27.4 Å². The SMILES string of the molecule is CN(CC1CCNCC1)c1nccc(C#N)c1[N+](=O)[O-]. The van der Waals surface area contributed by atoms with Gasteiger partial charge in [0.15, 0.2) is 0 Å². The maximum Gasteiger partial charge on any atom is 0.329 e. The van der Waals surface area contributed by atoms with E-state index in [1.165, 1.54) is 12.3 Å². The quantitative estimate of drug-likeness (QED) is 0.657. The first-order valence-electron chi connectivity index (χ1n) is 6.59. The van der Waals surface area contributed by atoms with E-state index in [-0.39, 0.29) is 17.1 Å². The van der Waals surface area contributed by atoms with E-state index in [0.717, 1.165) is 25.9 Å². The van der Waals surface area contributed by atoms with Gasteiger partial charge in [0.1, 0.15) is 11.6 Å². The van der Waals surface area contributed by atoms with Crippen molar-refractivity contribution in [2.45, 2.75) is 12.8 Å².